The van der Waals surface area contributed by atoms with Gasteiger partial charge in [0.1, 0.15) is 5.75 Å². The number of amides is 1. The Balaban J connectivity index is 2.01. The molecule has 0 radical (unpaired) electrons. The number of hydrogen-bond donors (Lipinski definition) is 2. The lowest BCUT2D eigenvalue weighted by molar-refractivity contribution is -0.130. The summed E-state index contributed by atoms with van der Waals surface area (Å²) in [7, 11) is 0. The van der Waals surface area contributed by atoms with Gasteiger partial charge in [-0.05, 0) is 43.0 Å². The molecule has 0 aromatic heterocycles. The molecule has 0 aliphatic carbocycles. The van der Waals surface area contributed by atoms with Crippen molar-refractivity contribution in [2.24, 2.45) is 0 Å². The first-order valence-electron chi connectivity index (χ1n) is 6.59. The summed E-state index contributed by atoms with van der Waals surface area (Å²) in [5, 5.41) is 18.5. The number of likely N-dealkylation sites (tertiary alicyclic amines) is 1. The Bertz CT molecular complexity index is 453. The van der Waals surface area contributed by atoms with E-state index in [9.17, 15) is 15.0 Å². The summed E-state index contributed by atoms with van der Waals surface area (Å²) in [6.07, 6.45) is 6.19. The Kier molecular flexibility index (Phi) is 4.58. The van der Waals surface area contributed by atoms with Gasteiger partial charge >= 0.3 is 0 Å². The number of aromatic hydroxyl groups is 1. The maximum absolute atomic E-state index is 12.1. The minimum Gasteiger partial charge on any atom is -0.508 e. The second-order valence-corrected chi connectivity index (χ2v) is 4.79. The second-order valence-electron chi connectivity index (χ2n) is 4.79. The topological polar surface area (TPSA) is 60.8 Å². The molecule has 1 heterocycles. The van der Waals surface area contributed by atoms with E-state index < -0.39 is 0 Å². The van der Waals surface area contributed by atoms with E-state index in [2.05, 4.69) is 0 Å². The summed E-state index contributed by atoms with van der Waals surface area (Å²) in [6.45, 7) is 0.739. The molecule has 1 aromatic rings. The Morgan fingerprint density at radius 1 is 1.32 bits per heavy atom. The molecule has 0 spiro atoms. The molecule has 4 nitrogen and oxygen atoms in total. The third-order valence-corrected chi connectivity index (χ3v) is 3.43. The van der Waals surface area contributed by atoms with Gasteiger partial charge in [-0.3, -0.25) is 4.79 Å². The van der Waals surface area contributed by atoms with Gasteiger partial charge in [0.05, 0.1) is 12.6 Å². The van der Waals surface area contributed by atoms with Crippen LogP contribution >= 0.6 is 0 Å². The summed E-state index contributed by atoms with van der Waals surface area (Å²) in [5.74, 6) is 0.145. The molecule has 1 unspecified atom stereocenters. The van der Waals surface area contributed by atoms with Gasteiger partial charge in [-0.1, -0.05) is 12.1 Å². The molecular weight excluding hydrogens is 242 g/mol. The van der Waals surface area contributed by atoms with E-state index in [1.165, 1.54) is 6.08 Å². The number of aliphatic hydroxyl groups is 1. The second kappa shape index (κ2) is 6.38. The number of nitrogens with zero attached hydrogens (tertiary/aromatic N) is 1. The fourth-order valence-electron chi connectivity index (χ4n) is 2.33. The van der Waals surface area contributed by atoms with E-state index in [-0.39, 0.29) is 24.3 Å². The van der Waals surface area contributed by atoms with Crippen LogP contribution in [0.3, 0.4) is 0 Å². The minimum absolute atomic E-state index is 0.0266. The van der Waals surface area contributed by atoms with Crippen molar-refractivity contribution in [3.63, 3.8) is 0 Å². The molecule has 2 N–H and O–H groups in total. The Hall–Kier alpha value is -1.81. The maximum Gasteiger partial charge on any atom is 0.246 e. The molecule has 1 saturated heterocycles. The zero-order chi connectivity index (χ0) is 13.7. The van der Waals surface area contributed by atoms with Crippen LogP contribution in [-0.2, 0) is 4.79 Å². The number of phenolic OH excluding ortho intramolecular Hbond substituents is 1. The molecule has 102 valence electrons. The van der Waals surface area contributed by atoms with Crippen LogP contribution in [-0.4, -0.2) is 40.2 Å². The van der Waals surface area contributed by atoms with Gasteiger partial charge < -0.3 is 15.1 Å². The molecule has 4 heteroatoms. The van der Waals surface area contributed by atoms with Gasteiger partial charge in [-0.15, -0.1) is 0 Å². The molecule has 0 saturated carbocycles. The molecule has 19 heavy (non-hydrogen) atoms. The van der Waals surface area contributed by atoms with Crippen molar-refractivity contribution in [2.45, 2.75) is 25.3 Å². The van der Waals surface area contributed by atoms with Crippen LogP contribution in [0.2, 0.25) is 0 Å². The van der Waals surface area contributed by atoms with E-state index in [0.29, 0.717) is 6.54 Å². The Morgan fingerprint density at radius 2 is 2.05 bits per heavy atom. The first-order valence-corrected chi connectivity index (χ1v) is 6.59. The third kappa shape index (κ3) is 3.58. The predicted octanol–water partition coefficient (Wildman–Crippen LogP) is 1.78. The van der Waals surface area contributed by atoms with Crippen molar-refractivity contribution >= 4 is 12.0 Å². The molecule has 1 fully saturated rings. The monoisotopic (exact) mass is 261 g/mol. The van der Waals surface area contributed by atoms with Gasteiger partial charge in [-0.25, -0.2) is 0 Å². The molecule has 2 rings (SSSR count). The number of carbonyl (C=O) groups excluding carboxylic acids is 1. The highest BCUT2D eigenvalue weighted by molar-refractivity contribution is 5.92. The predicted molar refractivity (Wildman–Crippen MR) is 73.6 cm³/mol. The largest absolute Gasteiger partial charge is 0.508 e. The zero-order valence-corrected chi connectivity index (χ0v) is 10.8. The van der Waals surface area contributed by atoms with E-state index >= 15 is 0 Å². The van der Waals surface area contributed by atoms with Crippen LogP contribution in [0.4, 0.5) is 0 Å². The van der Waals surface area contributed by atoms with Gasteiger partial charge in [0.2, 0.25) is 5.91 Å². The van der Waals surface area contributed by atoms with Crippen LogP contribution < -0.4 is 0 Å². The number of piperidine rings is 1. The number of carbonyl (C=O) groups is 1. The normalized spacial score (nSPS) is 19.8. The number of hydrogen-bond acceptors (Lipinski definition) is 3. The Labute approximate surface area is 113 Å². The zero-order valence-electron chi connectivity index (χ0n) is 10.8. The van der Waals surface area contributed by atoms with Crippen LogP contribution in [0.25, 0.3) is 6.08 Å². The highest BCUT2D eigenvalue weighted by Gasteiger charge is 2.24. The lowest BCUT2D eigenvalue weighted by Crippen LogP contribution is -2.44. The molecule has 1 aromatic carbocycles. The van der Waals surface area contributed by atoms with Crippen molar-refractivity contribution in [1.82, 2.24) is 4.90 Å². The molecule has 1 atom stereocenters. The summed E-state index contributed by atoms with van der Waals surface area (Å²) in [5.41, 5.74) is 0.865. The number of aliphatic hydroxyl groups excluding tert-OH is 1. The summed E-state index contributed by atoms with van der Waals surface area (Å²) in [6, 6.07) is 6.62. The third-order valence-electron chi connectivity index (χ3n) is 3.43. The van der Waals surface area contributed by atoms with Gasteiger partial charge in [0.15, 0.2) is 0 Å². The highest BCUT2D eigenvalue weighted by Crippen LogP contribution is 2.17. The van der Waals surface area contributed by atoms with Crippen molar-refractivity contribution in [2.75, 3.05) is 13.2 Å². The van der Waals surface area contributed by atoms with Crippen LogP contribution in [0, 0.1) is 0 Å². The average molecular weight is 261 g/mol. The number of benzene rings is 1. The first-order chi connectivity index (χ1) is 9.20. The van der Waals surface area contributed by atoms with Gasteiger partial charge in [-0.2, -0.15) is 0 Å². The molecule has 1 aliphatic rings. The molecule has 0 bridgehead atoms. The van der Waals surface area contributed by atoms with Crippen LogP contribution in [0.5, 0.6) is 5.75 Å². The number of phenols is 1. The van der Waals surface area contributed by atoms with E-state index in [1.807, 2.05) is 0 Å². The summed E-state index contributed by atoms with van der Waals surface area (Å²) in [4.78, 5) is 13.8. The van der Waals surface area contributed by atoms with Crippen molar-refractivity contribution in [3.05, 3.63) is 35.9 Å². The van der Waals surface area contributed by atoms with E-state index in [0.717, 1.165) is 24.8 Å². The fourth-order valence-corrected chi connectivity index (χ4v) is 2.33. The lowest BCUT2D eigenvalue weighted by Gasteiger charge is -2.33. The first kappa shape index (κ1) is 13.6. The summed E-state index contributed by atoms with van der Waals surface area (Å²) >= 11 is 0. The van der Waals surface area contributed by atoms with E-state index in [1.54, 1.807) is 35.2 Å². The minimum atomic E-state index is -0.0631. The van der Waals surface area contributed by atoms with Gasteiger partial charge in [0.25, 0.3) is 0 Å². The smallest absolute Gasteiger partial charge is 0.246 e. The average Bonchev–Trinajstić information content (AvgIpc) is 2.46. The van der Waals surface area contributed by atoms with Gasteiger partial charge in [0, 0.05) is 12.6 Å². The SMILES string of the molecule is O=C(/C=C/c1ccc(O)cc1)N1CCCCC1CO. The van der Waals surface area contributed by atoms with E-state index in [4.69, 9.17) is 0 Å². The van der Waals surface area contributed by atoms with Crippen LogP contribution in [0.15, 0.2) is 30.3 Å². The number of rotatable bonds is 3. The fraction of sp³-hybridized carbons (Fsp3) is 0.400. The standard InChI is InChI=1S/C15H19NO3/c17-11-13-3-1-2-10-16(13)15(19)9-6-12-4-7-14(18)8-5-12/h4-9,13,17-18H,1-3,10-11H2/b9-6+. The lowest BCUT2D eigenvalue weighted by atomic mass is 10.0. The van der Waals surface area contributed by atoms with Crippen molar-refractivity contribution in [3.8, 4) is 5.75 Å². The van der Waals surface area contributed by atoms with Crippen molar-refractivity contribution < 1.29 is 15.0 Å². The maximum atomic E-state index is 12.1. The quantitative estimate of drug-likeness (QED) is 0.815. The molecule has 1 amide bonds. The van der Waals surface area contributed by atoms with Crippen LogP contribution in [0.1, 0.15) is 24.8 Å². The Morgan fingerprint density at radius 3 is 2.74 bits per heavy atom. The summed E-state index contributed by atoms with van der Waals surface area (Å²) < 4.78 is 0. The van der Waals surface area contributed by atoms with Crippen molar-refractivity contribution in [1.29, 1.82) is 0 Å². The highest BCUT2D eigenvalue weighted by atomic mass is 16.3. The molecule has 1 aliphatic heterocycles. The molecular formula is C15H19NO3.